The Hall–Kier alpha value is -0.530. The zero-order valence-corrected chi connectivity index (χ0v) is 26.6. The predicted octanol–water partition coefficient (Wildman–Crippen LogP) is 11.9. The molecule has 0 heterocycles. The molecule has 0 aromatic heterocycles. The van der Waals surface area contributed by atoms with Crippen molar-refractivity contribution < 1.29 is 4.79 Å². The average molecular weight is 522 g/mol. The Kier molecular flexibility index (Phi) is 28.1. The Balaban J connectivity index is 5.04. The van der Waals surface area contributed by atoms with E-state index in [2.05, 4.69) is 39.5 Å². The maximum absolute atomic E-state index is 13.2. The molecular formula is C35H71NO. The van der Waals surface area contributed by atoms with Crippen molar-refractivity contribution in [2.24, 2.45) is 11.8 Å². The number of carbonyl (C=O) groups excluding carboxylic acids is 1. The summed E-state index contributed by atoms with van der Waals surface area (Å²) in [6, 6.07) is 0. The van der Waals surface area contributed by atoms with Crippen molar-refractivity contribution in [3.8, 4) is 0 Å². The molecule has 0 rings (SSSR count). The first kappa shape index (κ1) is 36.5. The van der Waals surface area contributed by atoms with E-state index < -0.39 is 0 Å². The van der Waals surface area contributed by atoms with Gasteiger partial charge in [-0.15, -0.1) is 0 Å². The number of nitrogens with zero attached hydrogens (tertiary/aromatic N) is 1. The number of hydrogen-bond donors (Lipinski definition) is 0. The second kappa shape index (κ2) is 28.5. The zero-order chi connectivity index (χ0) is 27.4. The predicted molar refractivity (Wildman–Crippen MR) is 167 cm³/mol. The van der Waals surface area contributed by atoms with E-state index in [4.69, 9.17) is 0 Å². The maximum atomic E-state index is 13.2. The van der Waals surface area contributed by atoms with Crippen molar-refractivity contribution in [2.75, 3.05) is 13.1 Å². The SMILES string of the molecule is CCCCCCCCC(CCCCCC)CN(CC(CCCCCC)CCCCCCCC)C(=O)CC. The molecule has 1 amide bonds. The Labute approximate surface area is 235 Å². The Morgan fingerprint density at radius 3 is 1.00 bits per heavy atom. The summed E-state index contributed by atoms with van der Waals surface area (Å²) in [4.78, 5) is 15.5. The monoisotopic (exact) mass is 522 g/mol. The number of hydrogen-bond acceptors (Lipinski definition) is 1. The molecule has 2 atom stereocenters. The molecule has 0 aliphatic heterocycles. The van der Waals surface area contributed by atoms with Crippen LogP contribution >= 0.6 is 0 Å². The third-order valence-electron chi connectivity index (χ3n) is 8.48. The van der Waals surface area contributed by atoms with Gasteiger partial charge < -0.3 is 4.90 Å². The standard InChI is InChI=1S/C35H71NO/c1-6-11-15-19-21-25-29-33(27-23-17-13-8-3)31-36(35(37)10-5)32-34(28-24-18-14-9-4)30-26-22-20-16-12-7-2/h33-34H,6-32H2,1-5H3. The molecule has 0 saturated heterocycles. The largest absolute Gasteiger partial charge is 0.342 e. The highest BCUT2D eigenvalue weighted by Crippen LogP contribution is 2.24. The van der Waals surface area contributed by atoms with Crippen molar-refractivity contribution in [3.05, 3.63) is 0 Å². The molecule has 2 unspecified atom stereocenters. The normalized spacial score (nSPS) is 13.1. The molecule has 0 aromatic carbocycles. The van der Waals surface area contributed by atoms with Crippen molar-refractivity contribution >= 4 is 5.91 Å². The van der Waals surface area contributed by atoms with Crippen LogP contribution in [-0.2, 0) is 4.79 Å². The molecule has 0 N–H and O–H groups in total. The van der Waals surface area contributed by atoms with Crippen molar-refractivity contribution in [1.29, 1.82) is 0 Å². The third kappa shape index (κ3) is 23.1. The summed E-state index contributed by atoms with van der Waals surface area (Å²) in [5.74, 6) is 1.81. The summed E-state index contributed by atoms with van der Waals surface area (Å²) in [7, 11) is 0. The van der Waals surface area contributed by atoms with Gasteiger partial charge in [-0.05, 0) is 37.5 Å². The van der Waals surface area contributed by atoms with E-state index in [9.17, 15) is 4.79 Å². The van der Waals surface area contributed by atoms with Crippen LogP contribution in [0.1, 0.15) is 195 Å². The summed E-state index contributed by atoms with van der Waals surface area (Å²) in [5.41, 5.74) is 0. The quantitative estimate of drug-likeness (QED) is 0.0896. The molecule has 2 nitrogen and oxygen atoms in total. The lowest BCUT2D eigenvalue weighted by Crippen LogP contribution is -2.38. The highest BCUT2D eigenvalue weighted by Gasteiger charge is 2.21. The van der Waals surface area contributed by atoms with Gasteiger partial charge in [-0.1, -0.05) is 163 Å². The van der Waals surface area contributed by atoms with Crippen LogP contribution in [0, 0.1) is 11.8 Å². The van der Waals surface area contributed by atoms with Gasteiger partial charge in [0.15, 0.2) is 0 Å². The molecule has 0 saturated carbocycles. The van der Waals surface area contributed by atoms with Crippen molar-refractivity contribution in [1.82, 2.24) is 4.90 Å². The van der Waals surface area contributed by atoms with Gasteiger partial charge in [0.1, 0.15) is 0 Å². The number of amides is 1. The van der Waals surface area contributed by atoms with E-state index in [1.165, 1.54) is 154 Å². The molecule has 0 aliphatic carbocycles. The fourth-order valence-electron chi connectivity index (χ4n) is 5.93. The smallest absolute Gasteiger partial charge is 0.222 e. The highest BCUT2D eigenvalue weighted by molar-refractivity contribution is 5.75. The van der Waals surface area contributed by atoms with Crippen LogP contribution < -0.4 is 0 Å². The van der Waals surface area contributed by atoms with Crippen LogP contribution in [0.4, 0.5) is 0 Å². The highest BCUT2D eigenvalue weighted by atomic mass is 16.2. The fourth-order valence-corrected chi connectivity index (χ4v) is 5.93. The van der Waals surface area contributed by atoms with Crippen LogP contribution in [-0.4, -0.2) is 23.9 Å². The average Bonchev–Trinajstić information content (AvgIpc) is 2.91. The Morgan fingerprint density at radius 1 is 0.432 bits per heavy atom. The number of unbranched alkanes of at least 4 members (excludes halogenated alkanes) is 16. The molecule has 37 heavy (non-hydrogen) atoms. The van der Waals surface area contributed by atoms with Crippen molar-refractivity contribution in [3.63, 3.8) is 0 Å². The van der Waals surface area contributed by atoms with Gasteiger partial charge >= 0.3 is 0 Å². The first-order chi connectivity index (χ1) is 18.1. The van der Waals surface area contributed by atoms with Gasteiger partial charge in [-0.25, -0.2) is 0 Å². The molecule has 0 aromatic rings. The molecule has 2 heteroatoms. The summed E-state index contributed by atoms with van der Waals surface area (Å²) < 4.78 is 0. The lowest BCUT2D eigenvalue weighted by Gasteiger charge is -2.31. The van der Waals surface area contributed by atoms with Gasteiger partial charge in [0.25, 0.3) is 0 Å². The van der Waals surface area contributed by atoms with E-state index in [0.717, 1.165) is 13.1 Å². The lowest BCUT2D eigenvalue weighted by molar-refractivity contribution is -0.132. The number of carbonyl (C=O) groups is 1. The fraction of sp³-hybridized carbons (Fsp3) is 0.971. The molecule has 222 valence electrons. The summed E-state index contributed by atoms with van der Waals surface area (Å²) >= 11 is 0. The van der Waals surface area contributed by atoms with Crippen LogP contribution in [0.5, 0.6) is 0 Å². The zero-order valence-electron chi connectivity index (χ0n) is 26.6. The number of rotatable bonds is 29. The molecule has 0 aliphatic rings. The first-order valence-corrected chi connectivity index (χ1v) is 17.4. The minimum atomic E-state index is 0.406. The first-order valence-electron chi connectivity index (χ1n) is 17.4. The Morgan fingerprint density at radius 2 is 0.703 bits per heavy atom. The molecule has 0 bridgehead atoms. The van der Waals surface area contributed by atoms with E-state index in [0.29, 0.717) is 24.2 Å². The summed E-state index contributed by atoms with van der Waals surface area (Å²) in [6.07, 6.45) is 33.2. The van der Waals surface area contributed by atoms with E-state index in [1.807, 2.05) is 0 Å². The minimum Gasteiger partial charge on any atom is -0.342 e. The molecule has 0 fully saturated rings. The van der Waals surface area contributed by atoms with Crippen LogP contribution in [0.3, 0.4) is 0 Å². The Bertz CT molecular complexity index is 428. The van der Waals surface area contributed by atoms with Crippen molar-refractivity contribution in [2.45, 2.75) is 195 Å². The van der Waals surface area contributed by atoms with Gasteiger partial charge in [0.2, 0.25) is 5.91 Å². The van der Waals surface area contributed by atoms with E-state index in [1.54, 1.807) is 0 Å². The van der Waals surface area contributed by atoms with E-state index >= 15 is 0 Å². The van der Waals surface area contributed by atoms with E-state index in [-0.39, 0.29) is 0 Å². The third-order valence-corrected chi connectivity index (χ3v) is 8.48. The maximum Gasteiger partial charge on any atom is 0.222 e. The topological polar surface area (TPSA) is 20.3 Å². The van der Waals surface area contributed by atoms with Crippen LogP contribution in [0.25, 0.3) is 0 Å². The second-order valence-electron chi connectivity index (χ2n) is 12.2. The molecular weight excluding hydrogens is 450 g/mol. The molecule has 0 spiro atoms. The second-order valence-corrected chi connectivity index (χ2v) is 12.2. The summed E-state index contributed by atoms with van der Waals surface area (Å²) in [5, 5.41) is 0. The van der Waals surface area contributed by atoms with Crippen LogP contribution in [0.15, 0.2) is 0 Å². The van der Waals surface area contributed by atoms with Gasteiger partial charge in [0.05, 0.1) is 0 Å². The van der Waals surface area contributed by atoms with Crippen LogP contribution in [0.2, 0.25) is 0 Å². The van der Waals surface area contributed by atoms with Gasteiger partial charge in [-0.2, -0.15) is 0 Å². The minimum absolute atomic E-state index is 0.406. The van der Waals surface area contributed by atoms with Gasteiger partial charge in [-0.3, -0.25) is 4.79 Å². The van der Waals surface area contributed by atoms with Gasteiger partial charge in [0, 0.05) is 19.5 Å². The molecule has 0 radical (unpaired) electrons. The lowest BCUT2D eigenvalue weighted by atomic mass is 9.91. The summed E-state index contributed by atoms with van der Waals surface area (Å²) in [6.45, 7) is 13.3.